The number of unbranched alkanes of at least 4 members (excludes halogenated alkanes) is 2. The van der Waals surface area contributed by atoms with Crippen LogP contribution in [-0.2, 0) is 14.8 Å². The van der Waals surface area contributed by atoms with Crippen LogP contribution in [0.5, 0.6) is 0 Å². The molecule has 0 aliphatic rings. The molecular formula is C13H18Cl2N2O4S. The predicted molar refractivity (Wildman–Crippen MR) is 84.7 cm³/mol. The molecule has 0 fully saturated rings. The molecule has 2 N–H and O–H groups in total. The van der Waals surface area contributed by atoms with Gasteiger partial charge in [-0.3, -0.25) is 10.0 Å². The first-order valence-corrected chi connectivity index (χ1v) is 8.90. The Labute approximate surface area is 140 Å². The molecule has 1 aromatic carbocycles. The van der Waals surface area contributed by atoms with E-state index >= 15 is 0 Å². The van der Waals surface area contributed by atoms with Crippen molar-refractivity contribution in [1.29, 1.82) is 0 Å². The molecule has 1 aromatic rings. The Morgan fingerprint density at radius 2 is 2.00 bits per heavy atom. The number of hydroxylamine groups is 1. The molecule has 0 saturated carbocycles. The Bertz CT molecular complexity index is 622. The van der Waals surface area contributed by atoms with E-state index in [1.165, 1.54) is 23.7 Å². The van der Waals surface area contributed by atoms with Crippen LogP contribution in [0.25, 0.3) is 0 Å². The molecule has 0 heterocycles. The van der Waals surface area contributed by atoms with Crippen molar-refractivity contribution in [2.24, 2.45) is 0 Å². The highest BCUT2D eigenvalue weighted by atomic mass is 35.5. The molecule has 6 nitrogen and oxygen atoms in total. The lowest BCUT2D eigenvalue weighted by Gasteiger charge is -2.21. The molecule has 0 bridgehead atoms. The molecule has 0 aliphatic heterocycles. The minimum absolute atomic E-state index is 0.0225. The zero-order valence-corrected chi connectivity index (χ0v) is 14.4. The van der Waals surface area contributed by atoms with Gasteiger partial charge in [-0.2, -0.15) is 4.31 Å². The zero-order chi connectivity index (χ0) is 16.8. The van der Waals surface area contributed by atoms with Gasteiger partial charge < -0.3 is 0 Å². The van der Waals surface area contributed by atoms with Crippen molar-refractivity contribution in [2.45, 2.75) is 31.1 Å². The molecular weight excluding hydrogens is 351 g/mol. The van der Waals surface area contributed by atoms with Gasteiger partial charge in [0.25, 0.3) is 5.91 Å². The Morgan fingerprint density at radius 1 is 1.32 bits per heavy atom. The van der Waals surface area contributed by atoms with E-state index in [9.17, 15) is 13.2 Å². The number of halogens is 2. The lowest BCUT2D eigenvalue weighted by Crippen LogP contribution is -2.40. The number of benzene rings is 1. The monoisotopic (exact) mass is 368 g/mol. The van der Waals surface area contributed by atoms with Gasteiger partial charge >= 0.3 is 0 Å². The first-order valence-electron chi connectivity index (χ1n) is 6.71. The number of carbonyl (C=O) groups excluding carboxylic acids is 1. The van der Waals surface area contributed by atoms with E-state index in [0.29, 0.717) is 6.42 Å². The summed E-state index contributed by atoms with van der Waals surface area (Å²) in [5.74, 6) is -0.821. The standard InChI is InChI=1S/C13H18Cl2N2O4S/c1-2-3-4-7-17(9-13(18)16-19)22(20,21)12-8-10(14)5-6-11(12)15/h5-6,8,19H,2-4,7,9H2,1H3,(H,16,18). The van der Waals surface area contributed by atoms with Crippen LogP contribution in [-0.4, -0.2) is 36.9 Å². The molecule has 1 rings (SSSR count). The minimum Gasteiger partial charge on any atom is -0.289 e. The average molecular weight is 369 g/mol. The minimum atomic E-state index is -3.99. The SMILES string of the molecule is CCCCCN(CC(=O)NO)S(=O)(=O)c1cc(Cl)ccc1Cl. The van der Waals surface area contributed by atoms with Crippen LogP contribution in [0.4, 0.5) is 0 Å². The summed E-state index contributed by atoms with van der Waals surface area (Å²) in [4.78, 5) is 11.2. The summed E-state index contributed by atoms with van der Waals surface area (Å²) in [6, 6.07) is 4.10. The zero-order valence-electron chi connectivity index (χ0n) is 12.1. The highest BCUT2D eigenvalue weighted by Crippen LogP contribution is 2.27. The number of nitrogens with zero attached hydrogens (tertiary/aromatic N) is 1. The number of nitrogens with one attached hydrogen (secondary N) is 1. The van der Waals surface area contributed by atoms with Gasteiger partial charge in [0, 0.05) is 11.6 Å². The van der Waals surface area contributed by atoms with E-state index in [4.69, 9.17) is 28.4 Å². The second kappa shape index (κ2) is 8.69. The first-order chi connectivity index (χ1) is 10.3. The molecule has 9 heteroatoms. The summed E-state index contributed by atoms with van der Waals surface area (Å²) in [5, 5.41) is 8.87. The van der Waals surface area contributed by atoms with Gasteiger partial charge in [0.05, 0.1) is 11.6 Å². The van der Waals surface area contributed by atoms with Crippen molar-refractivity contribution in [2.75, 3.05) is 13.1 Å². The van der Waals surface area contributed by atoms with Crippen LogP contribution >= 0.6 is 23.2 Å². The maximum absolute atomic E-state index is 12.7. The van der Waals surface area contributed by atoms with Gasteiger partial charge in [-0.05, 0) is 24.6 Å². The van der Waals surface area contributed by atoms with E-state index in [1.54, 1.807) is 0 Å². The molecule has 0 aliphatic carbocycles. The molecule has 0 unspecified atom stereocenters. The summed E-state index contributed by atoms with van der Waals surface area (Å²) >= 11 is 11.8. The quantitative estimate of drug-likeness (QED) is 0.419. The van der Waals surface area contributed by atoms with E-state index in [-0.39, 0.29) is 21.5 Å². The van der Waals surface area contributed by atoms with Crippen molar-refractivity contribution in [3.05, 3.63) is 28.2 Å². The van der Waals surface area contributed by atoms with E-state index in [0.717, 1.165) is 17.1 Å². The van der Waals surface area contributed by atoms with E-state index in [1.807, 2.05) is 6.92 Å². The van der Waals surface area contributed by atoms with E-state index < -0.39 is 22.5 Å². The smallest absolute Gasteiger partial charge is 0.258 e. The summed E-state index contributed by atoms with van der Waals surface area (Å²) in [7, 11) is -3.99. The summed E-state index contributed by atoms with van der Waals surface area (Å²) in [6.07, 6.45) is 2.31. The first kappa shape index (κ1) is 19.2. The molecule has 0 aromatic heterocycles. The van der Waals surface area contributed by atoms with Crippen molar-refractivity contribution >= 4 is 39.1 Å². The van der Waals surface area contributed by atoms with Crippen LogP contribution in [0.3, 0.4) is 0 Å². The van der Waals surface area contributed by atoms with Crippen molar-refractivity contribution in [3.63, 3.8) is 0 Å². The number of hydrogen-bond acceptors (Lipinski definition) is 4. The average Bonchev–Trinajstić information content (AvgIpc) is 2.48. The molecule has 0 spiro atoms. The number of carbonyl (C=O) groups is 1. The number of sulfonamides is 1. The molecule has 0 saturated heterocycles. The van der Waals surface area contributed by atoms with Crippen molar-refractivity contribution in [3.8, 4) is 0 Å². The van der Waals surface area contributed by atoms with Crippen LogP contribution in [0.1, 0.15) is 26.2 Å². The van der Waals surface area contributed by atoms with Crippen molar-refractivity contribution < 1.29 is 18.4 Å². The van der Waals surface area contributed by atoms with Crippen LogP contribution in [0.15, 0.2) is 23.1 Å². The Balaban J connectivity index is 3.13. The normalized spacial score (nSPS) is 11.7. The third-order valence-electron chi connectivity index (χ3n) is 2.97. The largest absolute Gasteiger partial charge is 0.289 e. The van der Waals surface area contributed by atoms with Crippen LogP contribution in [0, 0.1) is 0 Å². The fourth-order valence-electron chi connectivity index (χ4n) is 1.83. The molecule has 1 amide bonds. The lowest BCUT2D eigenvalue weighted by molar-refractivity contribution is -0.129. The van der Waals surface area contributed by atoms with Crippen molar-refractivity contribution in [1.82, 2.24) is 9.79 Å². The fourth-order valence-corrected chi connectivity index (χ4v) is 4.00. The highest BCUT2D eigenvalue weighted by Gasteiger charge is 2.28. The fraction of sp³-hybridized carbons (Fsp3) is 0.462. The van der Waals surface area contributed by atoms with E-state index in [2.05, 4.69) is 0 Å². The summed E-state index contributed by atoms with van der Waals surface area (Å²) in [6.45, 7) is 1.63. The lowest BCUT2D eigenvalue weighted by atomic mass is 10.2. The third-order valence-corrected chi connectivity index (χ3v) is 5.53. The predicted octanol–water partition coefficient (Wildman–Crippen LogP) is 2.68. The second-order valence-electron chi connectivity index (χ2n) is 4.66. The Morgan fingerprint density at radius 3 is 2.59 bits per heavy atom. The molecule has 0 atom stereocenters. The second-order valence-corrected chi connectivity index (χ2v) is 7.41. The van der Waals surface area contributed by atoms with Gasteiger partial charge in [0.1, 0.15) is 4.90 Å². The molecule has 22 heavy (non-hydrogen) atoms. The Hall–Kier alpha value is -0.860. The van der Waals surface area contributed by atoms with Gasteiger partial charge in [0.15, 0.2) is 0 Å². The molecule has 124 valence electrons. The van der Waals surface area contributed by atoms with Gasteiger partial charge in [-0.1, -0.05) is 43.0 Å². The summed E-state index contributed by atoms with van der Waals surface area (Å²) < 4.78 is 26.3. The highest BCUT2D eigenvalue weighted by molar-refractivity contribution is 7.89. The number of rotatable bonds is 8. The molecule has 0 radical (unpaired) electrons. The van der Waals surface area contributed by atoms with Gasteiger partial charge in [0.2, 0.25) is 10.0 Å². The van der Waals surface area contributed by atoms with Gasteiger partial charge in [-0.25, -0.2) is 13.9 Å². The van der Waals surface area contributed by atoms with Crippen LogP contribution in [0.2, 0.25) is 10.0 Å². The summed E-state index contributed by atoms with van der Waals surface area (Å²) in [5.41, 5.74) is 1.43. The van der Waals surface area contributed by atoms with Gasteiger partial charge in [-0.15, -0.1) is 0 Å². The Kier molecular flexibility index (Phi) is 7.58. The van der Waals surface area contributed by atoms with Crippen LogP contribution < -0.4 is 5.48 Å². The maximum Gasteiger partial charge on any atom is 0.258 e. The maximum atomic E-state index is 12.7. The topological polar surface area (TPSA) is 86.7 Å². The number of amides is 1. The third kappa shape index (κ3) is 5.10. The number of hydrogen-bond donors (Lipinski definition) is 2.